The van der Waals surface area contributed by atoms with Gasteiger partial charge in [-0.25, -0.2) is 0 Å². The minimum Gasteiger partial charge on any atom is -0.392 e. The van der Waals surface area contributed by atoms with Gasteiger partial charge in [-0.3, -0.25) is 0 Å². The first-order valence-electron chi connectivity index (χ1n) is 4.52. The van der Waals surface area contributed by atoms with Gasteiger partial charge < -0.3 is 5.11 Å². The second kappa shape index (κ2) is 3.19. The molecule has 0 spiro atoms. The fraction of sp³-hybridized carbons (Fsp3) is 0.600. The first kappa shape index (κ1) is 8.27. The summed E-state index contributed by atoms with van der Waals surface area (Å²) < 4.78 is 0. The lowest BCUT2D eigenvalue weighted by atomic mass is 10.0. The number of aliphatic hydroxyl groups is 1. The standard InChI is InChI=1S/C10H14OS/c1-7-5-6-10(12-7)8-3-2-4-9(8)11/h5-6,8-9,11H,2-4H2,1H3. The maximum Gasteiger partial charge on any atom is 0.0616 e. The molecule has 2 unspecified atom stereocenters. The van der Waals surface area contributed by atoms with Crippen LogP contribution in [0, 0.1) is 6.92 Å². The smallest absolute Gasteiger partial charge is 0.0616 e. The maximum absolute atomic E-state index is 9.66. The number of hydrogen-bond acceptors (Lipinski definition) is 2. The van der Waals surface area contributed by atoms with Crippen molar-refractivity contribution in [2.45, 2.75) is 38.2 Å². The average Bonchev–Trinajstić information content (AvgIpc) is 2.58. The third-order valence-corrected chi connectivity index (χ3v) is 3.74. The highest BCUT2D eigenvalue weighted by molar-refractivity contribution is 7.12. The van der Waals surface area contributed by atoms with Gasteiger partial charge in [0.25, 0.3) is 0 Å². The lowest BCUT2D eigenvalue weighted by Crippen LogP contribution is -2.09. The van der Waals surface area contributed by atoms with E-state index in [4.69, 9.17) is 0 Å². The molecule has 1 saturated carbocycles. The lowest BCUT2D eigenvalue weighted by molar-refractivity contribution is 0.165. The molecule has 12 heavy (non-hydrogen) atoms. The molecule has 1 aromatic heterocycles. The summed E-state index contributed by atoms with van der Waals surface area (Å²) in [7, 11) is 0. The van der Waals surface area contributed by atoms with Crippen LogP contribution in [-0.4, -0.2) is 11.2 Å². The van der Waals surface area contributed by atoms with Crippen LogP contribution in [0.3, 0.4) is 0 Å². The van der Waals surface area contributed by atoms with Gasteiger partial charge in [-0.1, -0.05) is 6.42 Å². The van der Waals surface area contributed by atoms with Gasteiger partial charge in [-0.15, -0.1) is 11.3 Å². The highest BCUT2D eigenvalue weighted by atomic mass is 32.1. The zero-order chi connectivity index (χ0) is 8.55. The Labute approximate surface area is 77.0 Å². The topological polar surface area (TPSA) is 20.2 Å². The van der Waals surface area contributed by atoms with E-state index in [9.17, 15) is 5.11 Å². The zero-order valence-corrected chi connectivity index (χ0v) is 8.10. The van der Waals surface area contributed by atoms with Crippen molar-refractivity contribution in [3.05, 3.63) is 21.9 Å². The molecule has 0 aromatic carbocycles. The molecule has 1 N–H and O–H groups in total. The molecule has 2 atom stereocenters. The molecule has 0 bridgehead atoms. The second-order valence-corrected chi connectivity index (χ2v) is 4.87. The summed E-state index contributed by atoms with van der Waals surface area (Å²) in [6.45, 7) is 2.12. The van der Waals surface area contributed by atoms with Crippen LogP contribution in [0.4, 0.5) is 0 Å². The Kier molecular flexibility index (Phi) is 2.20. The summed E-state index contributed by atoms with van der Waals surface area (Å²) >= 11 is 1.83. The van der Waals surface area contributed by atoms with Gasteiger partial charge in [0, 0.05) is 15.7 Å². The number of aliphatic hydroxyl groups excluding tert-OH is 1. The Morgan fingerprint density at radius 2 is 2.25 bits per heavy atom. The predicted molar refractivity (Wildman–Crippen MR) is 51.7 cm³/mol. The van der Waals surface area contributed by atoms with Crippen LogP contribution in [0.15, 0.2) is 12.1 Å². The van der Waals surface area contributed by atoms with Crippen molar-refractivity contribution in [1.29, 1.82) is 0 Å². The van der Waals surface area contributed by atoms with Gasteiger partial charge in [0.1, 0.15) is 0 Å². The van der Waals surface area contributed by atoms with Crippen molar-refractivity contribution in [2.75, 3.05) is 0 Å². The number of thiophene rings is 1. The Morgan fingerprint density at radius 3 is 2.75 bits per heavy atom. The normalized spacial score (nSPS) is 29.5. The summed E-state index contributed by atoms with van der Waals surface area (Å²) in [6, 6.07) is 4.31. The monoisotopic (exact) mass is 182 g/mol. The van der Waals surface area contributed by atoms with Crippen LogP contribution in [0.2, 0.25) is 0 Å². The molecule has 2 rings (SSSR count). The molecule has 66 valence electrons. The fourth-order valence-electron chi connectivity index (χ4n) is 1.93. The van der Waals surface area contributed by atoms with E-state index in [1.807, 2.05) is 11.3 Å². The Bertz CT molecular complexity index is 267. The van der Waals surface area contributed by atoms with Crippen molar-refractivity contribution in [3.63, 3.8) is 0 Å². The van der Waals surface area contributed by atoms with E-state index < -0.39 is 0 Å². The van der Waals surface area contributed by atoms with Crippen LogP contribution >= 0.6 is 11.3 Å². The molecule has 1 aromatic rings. The zero-order valence-electron chi connectivity index (χ0n) is 7.29. The van der Waals surface area contributed by atoms with Crippen LogP contribution < -0.4 is 0 Å². The van der Waals surface area contributed by atoms with E-state index in [1.54, 1.807) is 0 Å². The SMILES string of the molecule is Cc1ccc(C2CCCC2O)s1. The van der Waals surface area contributed by atoms with Gasteiger partial charge >= 0.3 is 0 Å². The minimum atomic E-state index is -0.0805. The molecule has 0 saturated heterocycles. The van der Waals surface area contributed by atoms with E-state index in [-0.39, 0.29) is 6.10 Å². The Morgan fingerprint density at radius 1 is 1.42 bits per heavy atom. The molecule has 1 heterocycles. The molecule has 0 amide bonds. The third kappa shape index (κ3) is 1.41. The highest BCUT2D eigenvalue weighted by Gasteiger charge is 2.27. The molecule has 1 aliphatic rings. The molecule has 1 aliphatic carbocycles. The summed E-state index contributed by atoms with van der Waals surface area (Å²) in [6.07, 6.45) is 3.26. The minimum absolute atomic E-state index is 0.0805. The third-order valence-electron chi connectivity index (χ3n) is 2.61. The number of hydrogen-bond donors (Lipinski definition) is 1. The predicted octanol–water partition coefficient (Wildman–Crippen LogP) is 2.68. The summed E-state index contributed by atoms with van der Waals surface area (Å²) in [4.78, 5) is 2.72. The van der Waals surface area contributed by atoms with Crippen molar-refractivity contribution < 1.29 is 5.11 Å². The number of aryl methyl sites for hydroxylation is 1. The largest absolute Gasteiger partial charge is 0.392 e. The van der Waals surface area contributed by atoms with Crippen LogP contribution in [0.5, 0.6) is 0 Å². The average molecular weight is 182 g/mol. The van der Waals surface area contributed by atoms with Gasteiger partial charge in [-0.05, 0) is 31.9 Å². The molecule has 0 aliphatic heterocycles. The van der Waals surface area contributed by atoms with Gasteiger partial charge in [0.05, 0.1) is 6.10 Å². The van der Waals surface area contributed by atoms with E-state index in [1.165, 1.54) is 22.6 Å². The molecule has 1 fully saturated rings. The Balaban J connectivity index is 2.19. The molecule has 2 heteroatoms. The summed E-state index contributed by atoms with van der Waals surface area (Å²) in [5.41, 5.74) is 0. The highest BCUT2D eigenvalue weighted by Crippen LogP contribution is 2.37. The molecular weight excluding hydrogens is 168 g/mol. The molecule has 0 radical (unpaired) electrons. The summed E-state index contributed by atoms with van der Waals surface area (Å²) in [5.74, 6) is 0.434. The Hall–Kier alpha value is -0.340. The van der Waals surface area contributed by atoms with E-state index >= 15 is 0 Å². The molecule has 1 nitrogen and oxygen atoms in total. The van der Waals surface area contributed by atoms with Crippen molar-refractivity contribution in [1.82, 2.24) is 0 Å². The van der Waals surface area contributed by atoms with Crippen molar-refractivity contribution in [3.8, 4) is 0 Å². The van der Waals surface area contributed by atoms with Gasteiger partial charge in [0.15, 0.2) is 0 Å². The van der Waals surface area contributed by atoms with Crippen molar-refractivity contribution >= 4 is 11.3 Å². The van der Waals surface area contributed by atoms with Gasteiger partial charge in [0.2, 0.25) is 0 Å². The maximum atomic E-state index is 9.66. The van der Waals surface area contributed by atoms with E-state index in [2.05, 4.69) is 19.1 Å². The van der Waals surface area contributed by atoms with Crippen LogP contribution in [0.1, 0.15) is 34.9 Å². The quantitative estimate of drug-likeness (QED) is 0.708. The second-order valence-electron chi connectivity index (χ2n) is 3.55. The van der Waals surface area contributed by atoms with E-state index in [0.29, 0.717) is 5.92 Å². The van der Waals surface area contributed by atoms with Crippen LogP contribution in [0.25, 0.3) is 0 Å². The van der Waals surface area contributed by atoms with Crippen molar-refractivity contribution in [2.24, 2.45) is 0 Å². The first-order valence-corrected chi connectivity index (χ1v) is 5.33. The lowest BCUT2D eigenvalue weighted by Gasteiger charge is -2.11. The van der Waals surface area contributed by atoms with Gasteiger partial charge in [-0.2, -0.15) is 0 Å². The van der Waals surface area contributed by atoms with E-state index in [0.717, 1.165) is 6.42 Å². The fourth-order valence-corrected chi connectivity index (χ4v) is 3.00. The van der Waals surface area contributed by atoms with Crippen LogP contribution in [-0.2, 0) is 0 Å². The number of rotatable bonds is 1. The molecular formula is C10H14OS. The first-order chi connectivity index (χ1) is 5.77. The summed E-state index contributed by atoms with van der Waals surface area (Å²) in [5, 5.41) is 9.66.